The van der Waals surface area contributed by atoms with Gasteiger partial charge in [-0.25, -0.2) is 0 Å². The van der Waals surface area contributed by atoms with Crippen molar-refractivity contribution in [2.24, 2.45) is 7.05 Å². The van der Waals surface area contributed by atoms with Crippen LogP contribution in [0.1, 0.15) is 0 Å². The highest BCUT2D eigenvalue weighted by Crippen LogP contribution is 2.28. The quantitative estimate of drug-likeness (QED) is 0.913. The van der Waals surface area contributed by atoms with Gasteiger partial charge in [0.25, 0.3) is 0 Å². The summed E-state index contributed by atoms with van der Waals surface area (Å²) in [6.07, 6.45) is 0. The second-order valence-corrected chi connectivity index (χ2v) is 5.09. The number of rotatable bonds is 2. The Labute approximate surface area is 94.1 Å². The summed E-state index contributed by atoms with van der Waals surface area (Å²) in [5.41, 5.74) is 1.08. The van der Waals surface area contributed by atoms with Gasteiger partial charge in [-0.2, -0.15) is 0 Å². The molecule has 0 aliphatic rings. The van der Waals surface area contributed by atoms with E-state index in [1.54, 1.807) is 11.3 Å². The Balaban J connectivity index is 2.46. The van der Waals surface area contributed by atoms with E-state index in [0.29, 0.717) is 0 Å². The third kappa shape index (κ3) is 1.55. The second-order valence-electron chi connectivity index (χ2n) is 2.80. The van der Waals surface area contributed by atoms with Crippen LogP contribution < -0.4 is 5.32 Å². The van der Waals surface area contributed by atoms with E-state index in [4.69, 9.17) is 0 Å². The predicted molar refractivity (Wildman–Crippen MR) is 61.6 cm³/mol. The number of hydrogen-bond acceptors (Lipinski definition) is 4. The first-order valence-electron chi connectivity index (χ1n) is 4.04. The number of halogens is 1. The molecule has 14 heavy (non-hydrogen) atoms. The lowest BCUT2D eigenvalue weighted by Crippen LogP contribution is -1.99. The molecule has 0 atom stereocenters. The summed E-state index contributed by atoms with van der Waals surface area (Å²) in [7, 11) is 3.77. The first-order chi connectivity index (χ1) is 6.72. The van der Waals surface area contributed by atoms with Crippen LogP contribution >= 0.6 is 27.3 Å². The summed E-state index contributed by atoms with van der Waals surface area (Å²) in [6.45, 7) is 0. The van der Waals surface area contributed by atoms with Crippen molar-refractivity contribution in [2.75, 3.05) is 12.4 Å². The first kappa shape index (κ1) is 9.67. The van der Waals surface area contributed by atoms with Crippen LogP contribution in [0.4, 0.5) is 5.95 Å². The van der Waals surface area contributed by atoms with Gasteiger partial charge in [0.1, 0.15) is 0 Å². The first-order valence-corrected chi connectivity index (χ1v) is 5.71. The molecule has 2 rings (SSSR count). The molecule has 6 heteroatoms. The Hall–Kier alpha value is -0.880. The van der Waals surface area contributed by atoms with Crippen molar-refractivity contribution in [3.8, 4) is 11.4 Å². The average molecular weight is 273 g/mol. The summed E-state index contributed by atoms with van der Waals surface area (Å²) < 4.78 is 3.02. The zero-order valence-electron chi connectivity index (χ0n) is 7.78. The molecular formula is C8H9BrN4S. The number of nitrogens with one attached hydrogen (secondary N) is 1. The minimum absolute atomic E-state index is 0.766. The van der Waals surface area contributed by atoms with E-state index in [9.17, 15) is 0 Å². The number of thiophene rings is 1. The molecule has 1 N–H and O–H groups in total. The van der Waals surface area contributed by atoms with Crippen LogP contribution in [0.3, 0.4) is 0 Å². The molecule has 0 radical (unpaired) electrons. The van der Waals surface area contributed by atoms with Gasteiger partial charge in [0.2, 0.25) is 5.95 Å². The van der Waals surface area contributed by atoms with E-state index < -0.39 is 0 Å². The van der Waals surface area contributed by atoms with Crippen molar-refractivity contribution in [3.05, 3.63) is 15.2 Å². The third-order valence-electron chi connectivity index (χ3n) is 1.92. The Morgan fingerprint density at radius 3 is 2.79 bits per heavy atom. The van der Waals surface area contributed by atoms with Crippen molar-refractivity contribution < 1.29 is 0 Å². The summed E-state index contributed by atoms with van der Waals surface area (Å²) in [4.78, 5) is 0. The topological polar surface area (TPSA) is 42.7 Å². The summed E-state index contributed by atoms with van der Waals surface area (Å²) in [5.74, 6) is 1.64. The van der Waals surface area contributed by atoms with Crippen LogP contribution in [0, 0.1) is 0 Å². The fourth-order valence-corrected chi connectivity index (χ4v) is 2.36. The SMILES string of the molecule is CNc1nnc(-c2csc(Br)c2)n1C. The highest BCUT2D eigenvalue weighted by Gasteiger charge is 2.10. The van der Waals surface area contributed by atoms with E-state index in [-0.39, 0.29) is 0 Å². The van der Waals surface area contributed by atoms with Gasteiger partial charge in [-0.3, -0.25) is 4.57 Å². The Morgan fingerprint density at radius 2 is 2.29 bits per heavy atom. The monoisotopic (exact) mass is 272 g/mol. The molecule has 74 valence electrons. The molecule has 0 saturated heterocycles. The zero-order valence-corrected chi connectivity index (χ0v) is 10.2. The highest BCUT2D eigenvalue weighted by molar-refractivity contribution is 9.11. The van der Waals surface area contributed by atoms with Crippen molar-refractivity contribution in [1.82, 2.24) is 14.8 Å². The lowest BCUT2D eigenvalue weighted by atomic mass is 10.3. The Morgan fingerprint density at radius 1 is 1.50 bits per heavy atom. The highest BCUT2D eigenvalue weighted by atomic mass is 79.9. The smallest absolute Gasteiger partial charge is 0.224 e. The summed E-state index contributed by atoms with van der Waals surface area (Å²) in [5, 5.41) is 13.1. The van der Waals surface area contributed by atoms with Gasteiger partial charge >= 0.3 is 0 Å². The van der Waals surface area contributed by atoms with Crippen LogP contribution in [0.5, 0.6) is 0 Å². The number of aromatic nitrogens is 3. The van der Waals surface area contributed by atoms with Gasteiger partial charge in [-0.1, -0.05) is 0 Å². The van der Waals surface area contributed by atoms with Gasteiger partial charge < -0.3 is 5.32 Å². The molecule has 0 bridgehead atoms. The second kappa shape index (κ2) is 3.70. The van der Waals surface area contributed by atoms with Gasteiger partial charge in [0.05, 0.1) is 3.79 Å². The van der Waals surface area contributed by atoms with E-state index in [1.807, 2.05) is 30.1 Å². The van der Waals surface area contributed by atoms with Crippen molar-refractivity contribution in [3.63, 3.8) is 0 Å². The maximum absolute atomic E-state index is 4.11. The fraction of sp³-hybridized carbons (Fsp3) is 0.250. The van der Waals surface area contributed by atoms with Crippen LogP contribution in [0.15, 0.2) is 15.2 Å². The summed E-state index contributed by atoms with van der Waals surface area (Å²) >= 11 is 5.06. The molecule has 0 aliphatic carbocycles. The summed E-state index contributed by atoms with van der Waals surface area (Å²) in [6, 6.07) is 2.04. The van der Waals surface area contributed by atoms with Crippen LogP contribution in [0.25, 0.3) is 11.4 Å². The van der Waals surface area contributed by atoms with Crippen molar-refractivity contribution in [1.29, 1.82) is 0 Å². The average Bonchev–Trinajstić information content (AvgIpc) is 2.72. The van der Waals surface area contributed by atoms with Gasteiger partial charge in [0, 0.05) is 25.0 Å². The molecular weight excluding hydrogens is 264 g/mol. The molecule has 0 saturated carbocycles. The maximum atomic E-state index is 4.11. The lowest BCUT2D eigenvalue weighted by molar-refractivity contribution is 0.926. The van der Waals surface area contributed by atoms with E-state index in [2.05, 4.69) is 31.4 Å². The van der Waals surface area contributed by atoms with Crippen molar-refractivity contribution >= 4 is 33.2 Å². The molecule has 0 fully saturated rings. The lowest BCUT2D eigenvalue weighted by Gasteiger charge is -2.00. The number of hydrogen-bond donors (Lipinski definition) is 1. The number of nitrogens with zero attached hydrogens (tertiary/aromatic N) is 3. The molecule has 4 nitrogen and oxygen atoms in total. The normalized spacial score (nSPS) is 10.5. The fourth-order valence-electron chi connectivity index (χ4n) is 1.23. The van der Waals surface area contributed by atoms with Gasteiger partial charge in [-0.05, 0) is 22.0 Å². The predicted octanol–water partition coefficient (Wildman–Crippen LogP) is 2.35. The molecule has 0 spiro atoms. The van der Waals surface area contributed by atoms with E-state index in [1.165, 1.54) is 0 Å². The molecule has 2 heterocycles. The van der Waals surface area contributed by atoms with Crippen molar-refractivity contribution in [2.45, 2.75) is 0 Å². The molecule has 0 amide bonds. The Kier molecular flexibility index (Phi) is 2.56. The largest absolute Gasteiger partial charge is 0.357 e. The maximum Gasteiger partial charge on any atom is 0.224 e. The third-order valence-corrected chi connectivity index (χ3v) is 3.43. The molecule has 2 aromatic rings. The van der Waals surface area contributed by atoms with Gasteiger partial charge in [0.15, 0.2) is 5.82 Å². The molecule has 0 aromatic carbocycles. The van der Waals surface area contributed by atoms with E-state index >= 15 is 0 Å². The number of anilines is 1. The van der Waals surface area contributed by atoms with Crippen LogP contribution in [-0.4, -0.2) is 21.8 Å². The molecule has 0 unspecified atom stereocenters. The molecule has 2 aromatic heterocycles. The van der Waals surface area contributed by atoms with Crippen LogP contribution in [-0.2, 0) is 7.05 Å². The minimum Gasteiger partial charge on any atom is -0.357 e. The van der Waals surface area contributed by atoms with E-state index in [0.717, 1.165) is 21.1 Å². The van der Waals surface area contributed by atoms with Crippen LogP contribution in [0.2, 0.25) is 0 Å². The zero-order chi connectivity index (χ0) is 10.1. The Bertz CT molecular complexity index is 448. The van der Waals surface area contributed by atoms with Gasteiger partial charge in [-0.15, -0.1) is 21.5 Å². The standard InChI is InChI=1S/C8H9BrN4S/c1-10-8-12-11-7(13(8)2)5-3-6(9)14-4-5/h3-4H,1-2H3,(H,10,12). The molecule has 0 aliphatic heterocycles. The minimum atomic E-state index is 0.766.